The van der Waals surface area contributed by atoms with Gasteiger partial charge in [0, 0.05) is 0 Å². The van der Waals surface area contributed by atoms with Gasteiger partial charge in [-0.25, -0.2) is 4.21 Å². The van der Waals surface area contributed by atoms with E-state index in [2.05, 4.69) is 10.8 Å². The third-order valence-electron chi connectivity index (χ3n) is 2.84. The minimum Gasteiger partial charge on any atom is -0.289 e. The Kier molecular flexibility index (Phi) is 3.38. The lowest BCUT2D eigenvalue weighted by molar-refractivity contribution is 0.570. The molecule has 1 aromatic rings. The summed E-state index contributed by atoms with van der Waals surface area (Å²) >= 11 is -1.97. The summed E-state index contributed by atoms with van der Waals surface area (Å²) in [5, 5.41) is 0. The molecule has 0 heterocycles. The zero-order chi connectivity index (χ0) is 10.7. The van der Waals surface area contributed by atoms with E-state index in [0.29, 0.717) is 0 Å². The van der Waals surface area contributed by atoms with Crippen molar-refractivity contribution in [1.82, 2.24) is 0 Å². The first-order valence-corrected chi connectivity index (χ1v) is 6.36. The van der Waals surface area contributed by atoms with Crippen LogP contribution >= 0.6 is 0 Å². The zero-order valence-corrected chi connectivity index (χ0v) is 9.35. The van der Waals surface area contributed by atoms with Crippen LogP contribution in [0, 0.1) is 0 Å². The van der Waals surface area contributed by atoms with Crippen LogP contribution in [0.15, 0.2) is 18.2 Å². The molecule has 1 aliphatic rings. The van der Waals surface area contributed by atoms with E-state index < -0.39 is 11.3 Å². The van der Waals surface area contributed by atoms with Crippen LogP contribution in [0.5, 0.6) is 0 Å². The fourth-order valence-corrected chi connectivity index (χ4v) is 2.53. The summed E-state index contributed by atoms with van der Waals surface area (Å²) in [5.74, 6) is 0. The van der Waals surface area contributed by atoms with E-state index in [-0.39, 0.29) is 0 Å². The molecular weight excluding hydrogens is 210 g/mol. The summed E-state index contributed by atoms with van der Waals surface area (Å²) in [6.07, 6.45) is 5.73. The highest BCUT2D eigenvalue weighted by molar-refractivity contribution is 7.80. The topological polar surface area (TPSA) is 49.3 Å². The van der Waals surface area contributed by atoms with E-state index in [1.807, 2.05) is 12.1 Å². The molecule has 0 amide bonds. The predicted molar refractivity (Wildman–Crippen MR) is 62.1 cm³/mol. The van der Waals surface area contributed by atoms with Crippen LogP contribution in [0.1, 0.15) is 30.4 Å². The Hall–Kier alpha value is -0.870. The van der Waals surface area contributed by atoms with Gasteiger partial charge in [-0.15, -0.1) is 0 Å². The summed E-state index contributed by atoms with van der Waals surface area (Å²) < 4.78 is 22.2. The van der Waals surface area contributed by atoms with Gasteiger partial charge >= 0.3 is 0 Å². The molecule has 0 aromatic heterocycles. The fraction of sp³-hybridized carbons (Fsp3) is 0.455. The molecule has 0 fully saturated rings. The normalized spacial score (nSPS) is 17.7. The molecule has 0 radical (unpaired) electrons. The summed E-state index contributed by atoms with van der Waals surface area (Å²) in [6.45, 7) is 0. The minimum atomic E-state index is -1.97. The summed E-state index contributed by atoms with van der Waals surface area (Å²) in [4.78, 5) is 0. The van der Waals surface area contributed by atoms with E-state index in [1.54, 1.807) is 0 Å². The van der Waals surface area contributed by atoms with Gasteiger partial charge in [-0.05, 0) is 42.9 Å². The second-order valence-electron chi connectivity index (χ2n) is 3.86. The summed E-state index contributed by atoms with van der Waals surface area (Å²) in [7, 11) is 0. The second kappa shape index (κ2) is 4.77. The summed E-state index contributed by atoms with van der Waals surface area (Å²) in [6, 6.07) is 5.93. The van der Waals surface area contributed by atoms with Gasteiger partial charge in [0.05, 0.1) is 5.69 Å². The number of rotatable bonds is 2. The maximum Gasteiger partial charge on any atom is 0.259 e. The van der Waals surface area contributed by atoms with Crippen LogP contribution < -0.4 is 4.72 Å². The van der Waals surface area contributed by atoms with Gasteiger partial charge in [0.2, 0.25) is 0 Å². The molecule has 2 rings (SSSR count). The molecule has 0 saturated carbocycles. The number of hydrogen-bond donors (Lipinski definition) is 2. The third kappa shape index (κ3) is 2.58. The van der Waals surface area contributed by atoms with Gasteiger partial charge < -0.3 is 0 Å². The molecule has 0 spiro atoms. The minimum absolute atomic E-state index is 0.815. The van der Waals surface area contributed by atoms with Crippen molar-refractivity contribution < 1.29 is 8.76 Å². The highest BCUT2D eigenvalue weighted by atomic mass is 32.2. The maximum absolute atomic E-state index is 10.7. The lowest BCUT2D eigenvalue weighted by atomic mass is 10.0. The van der Waals surface area contributed by atoms with Crippen LogP contribution in [0.2, 0.25) is 0 Å². The fourth-order valence-electron chi connectivity index (χ4n) is 2.15. The Bertz CT molecular complexity index is 379. The van der Waals surface area contributed by atoms with Crippen LogP contribution in [0.25, 0.3) is 0 Å². The van der Waals surface area contributed by atoms with Crippen molar-refractivity contribution in [2.24, 2.45) is 0 Å². The van der Waals surface area contributed by atoms with E-state index in [1.165, 1.54) is 30.4 Å². The smallest absolute Gasteiger partial charge is 0.259 e. The largest absolute Gasteiger partial charge is 0.289 e. The van der Waals surface area contributed by atoms with Crippen molar-refractivity contribution >= 4 is 17.0 Å². The number of nitrogens with one attached hydrogen (secondary N) is 1. The first-order chi connectivity index (χ1) is 7.27. The number of benzene rings is 1. The summed E-state index contributed by atoms with van der Waals surface area (Å²) in [5.41, 5.74) is 3.36. The second-order valence-corrected chi connectivity index (χ2v) is 4.56. The van der Waals surface area contributed by atoms with Gasteiger partial charge in [0.15, 0.2) is 0 Å². The average molecular weight is 225 g/mol. The monoisotopic (exact) mass is 225 g/mol. The zero-order valence-electron chi connectivity index (χ0n) is 8.53. The van der Waals surface area contributed by atoms with Crippen molar-refractivity contribution in [3.8, 4) is 0 Å². The van der Waals surface area contributed by atoms with Crippen molar-refractivity contribution in [3.63, 3.8) is 0 Å². The first-order valence-electron chi connectivity index (χ1n) is 5.25. The van der Waals surface area contributed by atoms with Gasteiger partial charge in [-0.1, -0.05) is 18.6 Å². The Morgan fingerprint density at radius 1 is 1.20 bits per heavy atom. The Morgan fingerprint density at radius 3 is 2.80 bits per heavy atom. The van der Waals surface area contributed by atoms with E-state index in [0.717, 1.165) is 18.5 Å². The lowest BCUT2D eigenvalue weighted by Crippen LogP contribution is -2.06. The molecule has 1 aromatic carbocycles. The molecule has 4 heteroatoms. The molecule has 0 aliphatic heterocycles. The molecule has 3 nitrogen and oxygen atoms in total. The van der Waals surface area contributed by atoms with E-state index in [9.17, 15) is 4.21 Å². The molecule has 2 N–H and O–H groups in total. The first kappa shape index (κ1) is 10.6. The van der Waals surface area contributed by atoms with Crippen LogP contribution in [0.4, 0.5) is 5.69 Å². The molecular formula is C11H15NO2S. The molecule has 82 valence electrons. The van der Waals surface area contributed by atoms with Gasteiger partial charge in [0.1, 0.15) is 0 Å². The van der Waals surface area contributed by atoms with Crippen molar-refractivity contribution in [2.75, 3.05) is 4.72 Å². The average Bonchev–Trinajstić information content (AvgIpc) is 2.42. The lowest BCUT2D eigenvalue weighted by Gasteiger charge is -2.11. The molecule has 1 atom stereocenters. The van der Waals surface area contributed by atoms with Gasteiger partial charge in [-0.2, -0.15) is 0 Å². The maximum atomic E-state index is 10.7. The van der Waals surface area contributed by atoms with Crippen LogP contribution in [-0.2, 0) is 24.1 Å². The Labute approximate surface area is 92.3 Å². The molecule has 1 unspecified atom stereocenters. The standard InChI is InChI=1S/C11H15NO2S/c13-15(14)12-11-8-4-6-9-5-2-1-3-7-10(9)11/h4,6,8,12H,1-3,5,7H2,(H,13,14). The quantitative estimate of drug-likeness (QED) is 0.600. The Morgan fingerprint density at radius 2 is 2.00 bits per heavy atom. The molecule has 1 aliphatic carbocycles. The number of hydrogen-bond acceptors (Lipinski definition) is 1. The van der Waals surface area contributed by atoms with Crippen LogP contribution in [0.3, 0.4) is 0 Å². The molecule has 15 heavy (non-hydrogen) atoms. The Balaban J connectivity index is 2.34. The third-order valence-corrected chi connectivity index (χ3v) is 3.24. The SMILES string of the molecule is O=S(O)Nc1cccc2c1CCCCC2. The number of anilines is 1. The van der Waals surface area contributed by atoms with Gasteiger partial charge in [0.25, 0.3) is 11.3 Å². The van der Waals surface area contributed by atoms with E-state index in [4.69, 9.17) is 4.55 Å². The van der Waals surface area contributed by atoms with Crippen molar-refractivity contribution in [3.05, 3.63) is 29.3 Å². The highest BCUT2D eigenvalue weighted by Gasteiger charge is 2.12. The number of fused-ring (bicyclic) bond motifs is 1. The van der Waals surface area contributed by atoms with E-state index >= 15 is 0 Å². The van der Waals surface area contributed by atoms with Crippen molar-refractivity contribution in [1.29, 1.82) is 0 Å². The highest BCUT2D eigenvalue weighted by Crippen LogP contribution is 2.27. The predicted octanol–water partition coefficient (Wildman–Crippen LogP) is 2.50. The van der Waals surface area contributed by atoms with Gasteiger partial charge in [-0.3, -0.25) is 9.27 Å². The van der Waals surface area contributed by atoms with Crippen molar-refractivity contribution in [2.45, 2.75) is 32.1 Å². The number of aryl methyl sites for hydroxylation is 1. The molecule has 0 bridgehead atoms. The molecule has 0 saturated heterocycles. The van der Waals surface area contributed by atoms with Crippen LogP contribution in [-0.4, -0.2) is 8.76 Å².